The van der Waals surface area contributed by atoms with Crippen molar-refractivity contribution in [1.82, 2.24) is 14.9 Å². The number of hydrogen-bond donors (Lipinski definition) is 1. The summed E-state index contributed by atoms with van der Waals surface area (Å²) in [6, 6.07) is 17.3. The van der Waals surface area contributed by atoms with Gasteiger partial charge in [0.25, 0.3) is 0 Å². The minimum Gasteiger partial charge on any atom is -0.423 e. The molecule has 5 aromatic rings. The Morgan fingerprint density at radius 2 is 2.00 bits per heavy atom. The summed E-state index contributed by atoms with van der Waals surface area (Å²) in [6.45, 7) is 0. The van der Waals surface area contributed by atoms with Gasteiger partial charge in [0.15, 0.2) is 5.82 Å². The second-order valence-electron chi connectivity index (χ2n) is 6.19. The first-order valence-electron chi connectivity index (χ1n) is 8.52. The summed E-state index contributed by atoms with van der Waals surface area (Å²) in [5.74, 6) is 7.34. The van der Waals surface area contributed by atoms with Gasteiger partial charge in [0.2, 0.25) is 5.16 Å². The highest BCUT2D eigenvalue weighted by molar-refractivity contribution is 7.98. The third-order valence-corrected chi connectivity index (χ3v) is 6.34. The standard InChI is InChI=1S/C20H14N4O2S2/c21-24-19(16-6-3-9-27-16)22-23-20(24)28-11-13-10-17(25)26-15-8-7-12-4-1-2-5-14(12)18(13)15/h1-10H,11,21H2. The van der Waals surface area contributed by atoms with Crippen molar-refractivity contribution in [2.24, 2.45) is 0 Å². The molecule has 8 heteroatoms. The van der Waals surface area contributed by atoms with Gasteiger partial charge in [-0.15, -0.1) is 21.5 Å². The second-order valence-corrected chi connectivity index (χ2v) is 8.08. The highest BCUT2D eigenvalue weighted by Crippen LogP contribution is 2.32. The molecule has 0 saturated heterocycles. The molecule has 2 aromatic carbocycles. The van der Waals surface area contributed by atoms with Gasteiger partial charge in [0, 0.05) is 17.2 Å². The summed E-state index contributed by atoms with van der Waals surface area (Å²) >= 11 is 3.00. The number of aromatic nitrogens is 3. The Labute approximate surface area is 167 Å². The van der Waals surface area contributed by atoms with E-state index >= 15 is 0 Å². The van der Waals surface area contributed by atoms with E-state index in [1.165, 1.54) is 16.4 Å². The van der Waals surface area contributed by atoms with Gasteiger partial charge in [-0.25, -0.2) is 9.47 Å². The molecule has 2 N–H and O–H groups in total. The van der Waals surface area contributed by atoms with Gasteiger partial charge in [-0.3, -0.25) is 0 Å². The van der Waals surface area contributed by atoms with Crippen molar-refractivity contribution in [2.75, 3.05) is 5.84 Å². The van der Waals surface area contributed by atoms with Gasteiger partial charge in [0.05, 0.1) is 4.88 Å². The van der Waals surface area contributed by atoms with E-state index in [2.05, 4.69) is 10.2 Å². The molecule has 0 aliphatic heterocycles. The SMILES string of the molecule is Nn1c(SCc2cc(=O)oc3ccc4ccccc4c23)nnc1-c1cccs1. The summed E-state index contributed by atoms with van der Waals surface area (Å²) in [6.07, 6.45) is 0. The molecule has 3 aromatic heterocycles. The molecule has 5 rings (SSSR count). The van der Waals surface area contributed by atoms with Crippen LogP contribution in [0.3, 0.4) is 0 Å². The fraction of sp³-hybridized carbons (Fsp3) is 0.0500. The van der Waals surface area contributed by atoms with Crippen LogP contribution in [0.4, 0.5) is 0 Å². The largest absolute Gasteiger partial charge is 0.423 e. The molecular formula is C20H14N4O2S2. The zero-order valence-corrected chi connectivity index (χ0v) is 16.2. The van der Waals surface area contributed by atoms with E-state index < -0.39 is 0 Å². The Bertz CT molecular complexity index is 1360. The second kappa shape index (κ2) is 6.81. The predicted octanol–water partition coefficient (Wildman–Crippen LogP) is 4.27. The van der Waals surface area contributed by atoms with Gasteiger partial charge in [-0.1, -0.05) is 48.2 Å². The normalized spacial score (nSPS) is 11.4. The van der Waals surface area contributed by atoms with E-state index in [1.54, 1.807) is 17.4 Å². The number of benzene rings is 2. The minimum absolute atomic E-state index is 0.369. The molecule has 28 heavy (non-hydrogen) atoms. The molecule has 0 spiro atoms. The predicted molar refractivity (Wildman–Crippen MR) is 113 cm³/mol. The molecule has 0 fully saturated rings. The van der Waals surface area contributed by atoms with Crippen molar-refractivity contribution in [2.45, 2.75) is 10.9 Å². The summed E-state index contributed by atoms with van der Waals surface area (Å²) in [5.41, 5.74) is 1.09. The number of thioether (sulfide) groups is 1. The molecule has 0 aliphatic carbocycles. The molecule has 0 radical (unpaired) electrons. The Balaban J connectivity index is 1.56. The molecule has 0 bridgehead atoms. The van der Waals surface area contributed by atoms with Crippen LogP contribution in [0, 0.1) is 0 Å². The van der Waals surface area contributed by atoms with E-state index in [-0.39, 0.29) is 5.63 Å². The Kier molecular flexibility index (Phi) is 4.14. The Morgan fingerprint density at radius 1 is 1.11 bits per heavy atom. The average molecular weight is 406 g/mol. The van der Waals surface area contributed by atoms with Gasteiger partial charge < -0.3 is 10.3 Å². The van der Waals surface area contributed by atoms with Crippen LogP contribution in [0.25, 0.3) is 32.4 Å². The third-order valence-electron chi connectivity index (χ3n) is 4.48. The quantitative estimate of drug-likeness (QED) is 0.208. The zero-order chi connectivity index (χ0) is 19.1. The first-order chi connectivity index (χ1) is 13.7. The number of hydrogen-bond acceptors (Lipinski definition) is 7. The summed E-state index contributed by atoms with van der Waals surface area (Å²) in [7, 11) is 0. The van der Waals surface area contributed by atoms with Crippen LogP contribution >= 0.6 is 23.1 Å². The first kappa shape index (κ1) is 17.0. The van der Waals surface area contributed by atoms with Crippen LogP contribution in [0.5, 0.6) is 0 Å². The monoisotopic (exact) mass is 406 g/mol. The molecule has 6 nitrogen and oxygen atoms in total. The highest BCUT2D eigenvalue weighted by atomic mass is 32.2. The van der Waals surface area contributed by atoms with Crippen molar-refractivity contribution in [3.8, 4) is 10.7 Å². The molecule has 138 valence electrons. The van der Waals surface area contributed by atoms with Crippen molar-refractivity contribution < 1.29 is 4.42 Å². The minimum atomic E-state index is -0.369. The van der Waals surface area contributed by atoms with Crippen LogP contribution in [0.1, 0.15) is 5.56 Å². The lowest BCUT2D eigenvalue weighted by Crippen LogP contribution is -2.11. The molecular weight excluding hydrogens is 392 g/mol. The van der Waals surface area contributed by atoms with Crippen LogP contribution < -0.4 is 11.5 Å². The maximum absolute atomic E-state index is 12.0. The first-order valence-corrected chi connectivity index (χ1v) is 10.4. The van der Waals surface area contributed by atoms with Crippen LogP contribution in [-0.2, 0) is 5.75 Å². The summed E-state index contributed by atoms with van der Waals surface area (Å²) < 4.78 is 6.91. The number of thiophene rings is 1. The lowest BCUT2D eigenvalue weighted by atomic mass is 10.0. The molecule has 3 heterocycles. The molecule has 0 aliphatic rings. The zero-order valence-electron chi connectivity index (χ0n) is 14.5. The van der Waals surface area contributed by atoms with Crippen LogP contribution in [0.2, 0.25) is 0 Å². The van der Waals surface area contributed by atoms with E-state index in [4.69, 9.17) is 10.3 Å². The summed E-state index contributed by atoms with van der Waals surface area (Å²) in [4.78, 5) is 13.0. The van der Waals surface area contributed by atoms with Crippen molar-refractivity contribution >= 4 is 44.8 Å². The van der Waals surface area contributed by atoms with Gasteiger partial charge in [-0.2, -0.15) is 0 Å². The fourth-order valence-electron chi connectivity index (χ4n) is 3.23. The molecule has 0 atom stereocenters. The van der Waals surface area contributed by atoms with Crippen molar-refractivity contribution in [1.29, 1.82) is 0 Å². The fourth-order valence-corrected chi connectivity index (χ4v) is 4.77. The average Bonchev–Trinajstić information content (AvgIpc) is 3.35. The van der Waals surface area contributed by atoms with Gasteiger partial charge in [-0.05, 0) is 33.8 Å². The summed E-state index contributed by atoms with van der Waals surface area (Å²) in [5, 5.41) is 14.0. The number of rotatable bonds is 4. The number of nitrogens with zero attached hydrogens (tertiary/aromatic N) is 3. The van der Waals surface area contributed by atoms with E-state index in [9.17, 15) is 4.79 Å². The van der Waals surface area contributed by atoms with Crippen molar-refractivity contribution in [3.05, 3.63) is 76.0 Å². The maximum atomic E-state index is 12.0. The topological polar surface area (TPSA) is 86.9 Å². The van der Waals surface area contributed by atoms with Gasteiger partial charge in [0.1, 0.15) is 5.58 Å². The number of nitrogens with two attached hydrogens (primary N) is 1. The Hall–Kier alpha value is -3.10. The van der Waals surface area contributed by atoms with E-state index in [1.807, 2.05) is 53.9 Å². The maximum Gasteiger partial charge on any atom is 0.336 e. The Morgan fingerprint density at radius 3 is 2.86 bits per heavy atom. The third kappa shape index (κ3) is 2.87. The van der Waals surface area contributed by atoms with E-state index in [0.717, 1.165) is 26.6 Å². The smallest absolute Gasteiger partial charge is 0.336 e. The van der Waals surface area contributed by atoms with Gasteiger partial charge >= 0.3 is 5.63 Å². The van der Waals surface area contributed by atoms with Crippen molar-refractivity contribution in [3.63, 3.8) is 0 Å². The van der Waals surface area contributed by atoms with Crippen LogP contribution in [0.15, 0.2) is 74.3 Å². The molecule has 0 unspecified atom stereocenters. The molecule has 0 amide bonds. The highest BCUT2D eigenvalue weighted by Gasteiger charge is 2.15. The lowest BCUT2D eigenvalue weighted by Gasteiger charge is -2.08. The number of fused-ring (bicyclic) bond motifs is 3. The van der Waals surface area contributed by atoms with Crippen LogP contribution in [-0.4, -0.2) is 14.9 Å². The number of nitrogen functional groups attached to an aromatic ring is 1. The molecule has 0 saturated carbocycles. The lowest BCUT2D eigenvalue weighted by molar-refractivity contribution is 0.560. The van der Waals surface area contributed by atoms with E-state index in [0.29, 0.717) is 22.3 Å².